The van der Waals surface area contributed by atoms with E-state index >= 15 is 0 Å². The number of fused-ring (bicyclic) bond motifs is 1. The van der Waals surface area contributed by atoms with E-state index in [9.17, 15) is 28.3 Å². The van der Waals surface area contributed by atoms with Crippen molar-refractivity contribution in [1.29, 1.82) is 0 Å². The number of nitrogens with zero attached hydrogens (tertiary/aromatic N) is 6. The second-order valence-electron chi connectivity index (χ2n) is 14.2. The number of carbonyl (C=O) groups is 2. The Labute approximate surface area is 264 Å². The van der Waals surface area contributed by atoms with Crippen molar-refractivity contribution in [1.82, 2.24) is 24.5 Å². The summed E-state index contributed by atoms with van der Waals surface area (Å²) >= 11 is 0. The molecule has 2 aliphatic rings. The number of hydrogen-bond donors (Lipinski definition) is 2. The number of nitrogens with one attached hydrogen (secondary N) is 1. The molecule has 1 aliphatic heterocycles. The third-order valence-corrected chi connectivity index (χ3v) is 8.85. The van der Waals surface area contributed by atoms with E-state index in [1.165, 1.54) is 12.1 Å². The maximum Gasteiger partial charge on any atom is 0.408 e. The van der Waals surface area contributed by atoms with E-state index in [4.69, 9.17) is 0 Å². The molecule has 2 aromatic heterocycles. The van der Waals surface area contributed by atoms with Gasteiger partial charge in [0.15, 0.2) is 11.6 Å². The van der Waals surface area contributed by atoms with Crippen LogP contribution in [0.5, 0.6) is 0 Å². The lowest BCUT2D eigenvalue weighted by Gasteiger charge is -2.40. The van der Waals surface area contributed by atoms with Crippen LogP contribution >= 0.6 is 0 Å². The average Bonchev–Trinajstić information content (AvgIpc) is 3.44. The molecule has 0 unspecified atom stereocenters. The number of para-hydroxylation sites is 1. The number of carboxylic acid groups (broad SMARTS) is 1. The molecule has 0 radical (unpaired) electrons. The Bertz CT molecular complexity index is 1910. The van der Waals surface area contributed by atoms with E-state index in [1.807, 2.05) is 52.3 Å². The zero-order valence-corrected chi connectivity index (χ0v) is 26.6. The Morgan fingerprint density at radius 2 is 1.67 bits per heavy atom. The van der Waals surface area contributed by atoms with Crippen molar-refractivity contribution in [2.24, 2.45) is 5.41 Å². The molecule has 242 valence electrons. The van der Waals surface area contributed by atoms with Crippen LogP contribution in [0.1, 0.15) is 64.9 Å². The zero-order chi connectivity index (χ0) is 33.3. The minimum absolute atomic E-state index is 0.226. The highest BCUT2D eigenvalue weighted by Crippen LogP contribution is 2.57. The van der Waals surface area contributed by atoms with Crippen molar-refractivity contribution in [2.75, 3.05) is 23.3 Å². The Morgan fingerprint density at radius 1 is 1.00 bits per heavy atom. The fourth-order valence-corrected chi connectivity index (χ4v) is 6.65. The highest BCUT2D eigenvalue weighted by molar-refractivity contribution is 6.09. The van der Waals surface area contributed by atoms with Crippen LogP contribution in [0, 0.1) is 17.0 Å². The number of amides is 2. The van der Waals surface area contributed by atoms with Crippen LogP contribution in [0.3, 0.4) is 0 Å². The first-order chi connectivity index (χ1) is 21.5. The van der Waals surface area contributed by atoms with Gasteiger partial charge in [-0.25, -0.2) is 13.6 Å². The minimum atomic E-state index is -1.00. The number of benzene rings is 2. The molecule has 1 spiro atoms. The molecule has 1 saturated heterocycles. The monoisotopic (exact) mass is 633 g/mol. The van der Waals surface area contributed by atoms with E-state index in [0.29, 0.717) is 29.1 Å². The van der Waals surface area contributed by atoms with Gasteiger partial charge in [0.25, 0.3) is 11.5 Å². The van der Waals surface area contributed by atoms with E-state index in [1.54, 1.807) is 17.2 Å². The van der Waals surface area contributed by atoms with Crippen molar-refractivity contribution in [2.45, 2.75) is 71.5 Å². The van der Waals surface area contributed by atoms with Crippen LogP contribution in [0.25, 0.3) is 16.6 Å². The number of anilines is 2. The molecule has 2 aromatic carbocycles. The standard InChI is InChI=1S/C33H37F2N7O4/c1-31(2,3)40(30(45)46)25-17-39(18-33(25)14-15-33)27-19-16-36-42(32(4,5)6)24(19)12-10-22(27)37-29(44)23-11-13-26(43)41(38-23)28-20(34)8-7-9-21(28)35/h7-13,16,25H,14-15,17-18H2,1-6H3,(H,37,44)(H,45,46)/t25-/m0/s1. The first-order valence-electron chi connectivity index (χ1n) is 15.2. The van der Waals surface area contributed by atoms with E-state index < -0.39 is 40.4 Å². The molecular weight excluding hydrogens is 596 g/mol. The van der Waals surface area contributed by atoms with Crippen LogP contribution in [0.4, 0.5) is 25.0 Å². The Hall–Kier alpha value is -4.81. The molecule has 2 amide bonds. The maximum atomic E-state index is 14.5. The predicted octanol–water partition coefficient (Wildman–Crippen LogP) is 5.62. The van der Waals surface area contributed by atoms with Gasteiger partial charge < -0.3 is 15.3 Å². The first-order valence-corrected chi connectivity index (χ1v) is 15.2. The maximum absolute atomic E-state index is 14.5. The molecule has 0 bridgehead atoms. The topological polar surface area (TPSA) is 126 Å². The molecule has 11 nitrogen and oxygen atoms in total. The molecular formula is C33H37F2N7O4. The molecule has 1 atom stereocenters. The lowest BCUT2D eigenvalue weighted by molar-refractivity contribution is 0.0578. The summed E-state index contributed by atoms with van der Waals surface area (Å²) in [6, 6.07) is 8.73. The molecule has 13 heteroatoms. The van der Waals surface area contributed by atoms with Gasteiger partial charge >= 0.3 is 6.09 Å². The van der Waals surface area contributed by atoms with Crippen LogP contribution < -0.4 is 15.8 Å². The van der Waals surface area contributed by atoms with Crippen LogP contribution in [-0.2, 0) is 5.54 Å². The number of hydrogen-bond acceptors (Lipinski definition) is 6. The number of aromatic nitrogens is 4. The third-order valence-electron chi connectivity index (χ3n) is 8.85. The van der Waals surface area contributed by atoms with Crippen LogP contribution in [0.15, 0.2) is 53.5 Å². The highest BCUT2D eigenvalue weighted by atomic mass is 19.1. The summed E-state index contributed by atoms with van der Waals surface area (Å²) in [5.74, 6) is -2.70. The SMILES string of the molecule is CC(C)(C)N(C(=O)O)[C@H]1CN(c2c(NC(=O)c3ccc(=O)n(-c4c(F)cccc4F)n3)ccc3c2cnn3C(C)(C)C)CC12CC2. The predicted molar refractivity (Wildman–Crippen MR) is 170 cm³/mol. The summed E-state index contributed by atoms with van der Waals surface area (Å²) in [5.41, 5.74) is -0.982. The van der Waals surface area contributed by atoms with Gasteiger partial charge in [-0.2, -0.15) is 14.9 Å². The van der Waals surface area contributed by atoms with Crippen molar-refractivity contribution >= 4 is 34.3 Å². The highest BCUT2D eigenvalue weighted by Gasteiger charge is 2.60. The number of rotatable bonds is 5. The largest absolute Gasteiger partial charge is 0.465 e. The quantitative estimate of drug-likeness (QED) is 0.293. The van der Waals surface area contributed by atoms with E-state index in [2.05, 4.69) is 20.4 Å². The van der Waals surface area contributed by atoms with Gasteiger partial charge in [-0.15, -0.1) is 0 Å². The summed E-state index contributed by atoms with van der Waals surface area (Å²) in [5, 5.41) is 22.6. The Balaban J connectivity index is 1.43. The van der Waals surface area contributed by atoms with Crippen LogP contribution in [0.2, 0.25) is 0 Å². The second-order valence-corrected chi connectivity index (χ2v) is 14.2. The van der Waals surface area contributed by atoms with Gasteiger partial charge in [0, 0.05) is 35.5 Å². The smallest absolute Gasteiger partial charge is 0.408 e. The summed E-state index contributed by atoms with van der Waals surface area (Å²) in [6.45, 7) is 12.8. The summed E-state index contributed by atoms with van der Waals surface area (Å²) in [7, 11) is 0. The molecule has 2 N–H and O–H groups in total. The lowest BCUT2D eigenvalue weighted by Crippen LogP contribution is -2.54. The lowest BCUT2D eigenvalue weighted by atomic mass is 9.94. The van der Waals surface area contributed by atoms with Crippen molar-refractivity contribution in [3.8, 4) is 5.69 Å². The summed E-state index contributed by atoms with van der Waals surface area (Å²) in [6.07, 6.45) is 2.53. The van der Waals surface area contributed by atoms with Gasteiger partial charge in [0.1, 0.15) is 11.4 Å². The number of carbonyl (C=O) groups excluding carboxylic acids is 1. The van der Waals surface area contributed by atoms with Crippen molar-refractivity contribution in [3.05, 3.63) is 76.3 Å². The Morgan fingerprint density at radius 3 is 2.26 bits per heavy atom. The van der Waals surface area contributed by atoms with Crippen LogP contribution in [-0.4, -0.2) is 66.2 Å². The van der Waals surface area contributed by atoms with Gasteiger partial charge in [-0.1, -0.05) is 6.07 Å². The Kier molecular flexibility index (Phi) is 7.21. The third kappa shape index (κ3) is 5.27. The van der Waals surface area contributed by atoms with Gasteiger partial charge in [0.2, 0.25) is 0 Å². The van der Waals surface area contributed by atoms with Gasteiger partial charge in [-0.05, 0) is 84.7 Å². The molecule has 46 heavy (non-hydrogen) atoms. The normalized spacial score (nSPS) is 17.5. The fourth-order valence-electron chi connectivity index (χ4n) is 6.65. The fraction of sp³-hybridized carbons (Fsp3) is 0.424. The van der Waals surface area contributed by atoms with Gasteiger partial charge in [-0.3, -0.25) is 19.2 Å². The minimum Gasteiger partial charge on any atom is -0.465 e. The van der Waals surface area contributed by atoms with E-state index in [0.717, 1.165) is 41.9 Å². The molecule has 1 aliphatic carbocycles. The van der Waals surface area contributed by atoms with Crippen molar-refractivity contribution in [3.63, 3.8) is 0 Å². The average molecular weight is 634 g/mol. The summed E-state index contributed by atoms with van der Waals surface area (Å²) in [4.78, 5) is 42.4. The summed E-state index contributed by atoms with van der Waals surface area (Å²) < 4.78 is 31.5. The second kappa shape index (κ2) is 10.6. The van der Waals surface area contributed by atoms with Gasteiger partial charge in [0.05, 0.1) is 34.7 Å². The zero-order valence-electron chi connectivity index (χ0n) is 26.6. The number of halogens is 2. The molecule has 2 fully saturated rings. The van der Waals surface area contributed by atoms with Crippen molar-refractivity contribution < 1.29 is 23.5 Å². The molecule has 3 heterocycles. The molecule has 1 saturated carbocycles. The first kappa shape index (κ1) is 31.2. The molecule has 6 rings (SSSR count). The molecule has 4 aromatic rings. The van der Waals surface area contributed by atoms with E-state index in [-0.39, 0.29) is 22.7 Å².